The van der Waals surface area contributed by atoms with Crippen molar-refractivity contribution in [2.24, 2.45) is 0 Å². The Morgan fingerprint density at radius 1 is 1.57 bits per heavy atom. The molecule has 0 aliphatic carbocycles. The fourth-order valence-electron chi connectivity index (χ4n) is 1.16. The molecule has 3 nitrogen and oxygen atoms in total. The number of thioether (sulfide) groups is 1. The standard InChI is InChI=1S/C10H17N3S/c1-3-9(7-14-2)13-10-5-4-8(11)6-12-10/h4-6,9H,3,7,11H2,1-2H3,(H,12,13). The second kappa shape index (κ2) is 5.75. The van der Waals surface area contributed by atoms with Gasteiger partial charge in [0, 0.05) is 11.8 Å². The smallest absolute Gasteiger partial charge is 0.126 e. The Balaban J connectivity index is 2.53. The molecule has 0 aliphatic rings. The zero-order valence-electron chi connectivity index (χ0n) is 8.66. The lowest BCUT2D eigenvalue weighted by Gasteiger charge is -2.16. The summed E-state index contributed by atoms with van der Waals surface area (Å²) < 4.78 is 0. The number of anilines is 2. The van der Waals surface area contributed by atoms with Gasteiger partial charge in [-0.2, -0.15) is 11.8 Å². The van der Waals surface area contributed by atoms with Crippen LogP contribution in [0, 0.1) is 0 Å². The summed E-state index contributed by atoms with van der Waals surface area (Å²) in [4.78, 5) is 4.20. The minimum atomic E-state index is 0.487. The fourth-order valence-corrected chi connectivity index (χ4v) is 1.88. The van der Waals surface area contributed by atoms with Gasteiger partial charge in [-0.15, -0.1) is 0 Å². The second-order valence-corrected chi connectivity index (χ2v) is 4.09. The maximum atomic E-state index is 5.55. The molecule has 1 heterocycles. The van der Waals surface area contributed by atoms with Gasteiger partial charge in [0.25, 0.3) is 0 Å². The lowest BCUT2D eigenvalue weighted by Crippen LogP contribution is -2.21. The van der Waals surface area contributed by atoms with E-state index >= 15 is 0 Å². The van der Waals surface area contributed by atoms with Crippen LogP contribution < -0.4 is 11.1 Å². The Kier molecular flexibility index (Phi) is 4.59. The van der Waals surface area contributed by atoms with Crippen molar-refractivity contribution in [1.29, 1.82) is 0 Å². The molecular formula is C10H17N3S. The van der Waals surface area contributed by atoms with Gasteiger partial charge in [0.2, 0.25) is 0 Å². The van der Waals surface area contributed by atoms with E-state index in [0.29, 0.717) is 11.7 Å². The lowest BCUT2D eigenvalue weighted by molar-refractivity contribution is 0.770. The van der Waals surface area contributed by atoms with Gasteiger partial charge < -0.3 is 11.1 Å². The molecule has 1 unspecified atom stereocenters. The molecule has 1 rings (SSSR count). The van der Waals surface area contributed by atoms with Crippen molar-refractivity contribution >= 4 is 23.3 Å². The van der Waals surface area contributed by atoms with E-state index in [9.17, 15) is 0 Å². The average Bonchev–Trinajstić information content (AvgIpc) is 2.20. The van der Waals surface area contributed by atoms with Crippen molar-refractivity contribution in [1.82, 2.24) is 4.98 Å². The van der Waals surface area contributed by atoms with E-state index in [2.05, 4.69) is 23.5 Å². The monoisotopic (exact) mass is 211 g/mol. The molecule has 0 spiro atoms. The molecule has 4 heteroatoms. The summed E-state index contributed by atoms with van der Waals surface area (Å²) in [6.07, 6.45) is 4.89. The van der Waals surface area contributed by atoms with Gasteiger partial charge >= 0.3 is 0 Å². The number of nitrogen functional groups attached to an aromatic ring is 1. The van der Waals surface area contributed by atoms with Crippen LogP contribution in [0.2, 0.25) is 0 Å². The Morgan fingerprint density at radius 2 is 2.36 bits per heavy atom. The maximum absolute atomic E-state index is 5.55. The third-order valence-corrected chi connectivity index (χ3v) is 2.73. The molecule has 0 amide bonds. The normalized spacial score (nSPS) is 12.4. The van der Waals surface area contributed by atoms with Crippen molar-refractivity contribution in [3.05, 3.63) is 18.3 Å². The average molecular weight is 211 g/mol. The van der Waals surface area contributed by atoms with Crippen LogP contribution in [-0.2, 0) is 0 Å². The molecule has 0 aliphatic heterocycles. The number of pyridine rings is 1. The van der Waals surface area contributed by atoms with Crippen LogP contribution in [0.3, 0.4) is 0 Å². The van der Waals surface area contributed by atoms with E-state index in [4.69, 9.17) is 5.73 Å². The third kappa shape index (κ3) is 3.46. The Hall–Kier alpha value is -0.900. The summed E-state index contributed by atoms with van der Waals surface area (Å²) in [6, 6.07) is 4.26. The van der Waals surface area contributed by atoms with Gasteiger partial charge in [-0.05, 0) is 24.8 Å². The SMILES string of the molecule is CCC(CSC)Nc1ccc(N)cn1. The first kappa shape index (κ1) is 11.2. The third-order valence-electron chi connectivity index (χ3n) is 2.00. The maximum Gasteiger partial charge on any atom is 0.126 e. The van der Waals surface area contributed by atoms with Crippen LogP contribution in [0.25, 0.3) is 0 Å². The van der Waals surface area contributed by atoms with Gasteiger partial charge in [-0.3, -0.25) is 0 Å². The molecule has 0 radical (unpaired) electrons. The summed E-state index contributed by atoms with van der Waals surface area (Å²) >= 11 is 1.84. The number of nitrogens with one attached hydrogen (secondary N) is 1. The van der Waals surface area contributed by atoms with Gasteiger partial charge in [0.05, 0.1) is 11.9 Å². The molecule has 3 N–H and O–H groups in total. The highest BCUT2D eigenvalue weighted by molar-refractivity contribution is 7.98. The zero-order valence-corrected chi connectivity index (χ0v) is 9.47. The molecule has 14 heavy (non-hydrogen) atoms. The molecule has 0 saturated carbocycles. The minimum Gasteiger partial charge on any atom is -0.397 e. The molecule has 0 bridgehead atoms. The van der Waals surface area contributed by atoms with Crippen molar-refractivity contribution in [3.63, 3.8) is 0 Å². The number of hydrogen-bond acceptors (Lipinski definition) is 4. The van der Waals surface area contributed by atoms with Gasteiger partial charge in [0.1, 0.15) is 5.82 Å². The number of aromatic nitrogens is 1. The van der Waals surface area contributed by atoms with Crippen molar-refractivity contribution in [3.8, 4) is 0 Å². The van der Waals surface area contributed by atoms with E-state index in [1.807, 2.05) is 23.9 Å². The van der Waals surface area contributed by atoms with E-state index in [1.165, 1.54) is 0 Å². The van der Waals surface area contributed by atoms with Crippen molar-refractivity contribution < 1.29 is 0 Å². The highest BCUT2D eigenvalue weighted by Crippen LogP contribution is 2.11. The molecule has 1 aromatic heterocycles. The van der Waals surface area contributed by atoms with Crippen LogP contribution in [0.1, 0.15) is 13.3 Å². The Labute approximate surface area is 89.5 Å². The molecule has 0 saturated heterocycles. The van der Waals surface area contributed by atoms with Crippen LogP contribution >= 0.6 is 11.8 Å². The van der Waals surface area contributed by atoms with Gasteiger partial charge in [-0.25, -0.2) is 4.98 Å². The van der Waals surface area contributed by atoms with Crippen molar-refractivity contribution in [2.75, 3.05) is 23.1 Å². The number of nitrogens with two attached hydrogens (primary N) is 1. The van der Waals surface area contributed by atoms with E-state index in [0.717, 1.165) is 18.0 Å². The molecule has 1 atom stereocenters. The molecule has 78 valence electrons. The molecule has 0 fully saturated rings. The number of hydrogen-bond donors (Lipinski definition) is 2. The van der Waals surface area contributed by atoms with Crippen LogP contribution in [0.5, 0.6) is 0 Å². The predicted octanol–water partition coefficient (Wildman–Crippen LogP) is 2.22. The van der Waals surface area contributed by atoms with E-state index in [1.54, 1.807) is 6.20 Å². The van der Waals surface area contributed by atoms with Crippen molar-refractivity contribution in [2.45, 2.75) is 19.4 Å². The highest BCUT2D eigenvalue weighted by atomic mass is 32.2. The topological polar surface area (TPSA) is 50.9 Å². The summed E-state index contributed by atoms with van der Waals surface area (Å²) in [6.45, 7) is 2.17. The van der Waals surface area contributed by atoms with Crippen LogP contribution in [0.4, 0.5) is 11.5 Å². The lowest BCUT2D eigenvalue weighted by atomic mass is 10.2. The first-order chi connectivity index (χ1) is 6.76. The van der Waals surface area contributed by atoms with E-state index < -0.39 is 0 Å². The summed E-state index contributed by atoms with van der Waals surface area (Å²) in [5.41, 5.74) is 6.26. The highest BCUT2D eigenvalue weighted by Gasteiger charge is 2.04. The minimum absolute atomic E-state index is 0.487. The summed E-state index contributed by atoms with van der Waals surface area (Å²) in [5, 5.41) is 3.37. The number of nitrogens with zero attached hydrogens (tertiary/aromatic N) is 1. The predicted molar refractivity (Wildman–Crippen MR) is 64.7 cm³/mol. The Bertz CT molecular complexity index is 261. The van der Waals surface area contributed by atoms with Crippen LogP contribution in [-0.4, -0.2) is 23.0 Å². The quantitative estimate of drug-likeness (QED) is 0.784. The summed E-state index contributed by atoms with van der Waals surface area (Å²) in [7, 11) is 0. The first-order valence-corrected chi connectivity index (χ1v) is 6.12. The first-order valence-electron chi connectivity index (χ1n) is 4.73. The Morgan fingerprint density at radius 3 is 2.86 bits per heavy atom. The molecule has 0 aromatic carbocycles. The second-order valence-electron chi connectivity index (χ2n) is 3.18. The van der Waals surface area contributed by atoms with Gasteiger partial charge in [0.15, 0.2) is 0 Å². The molecular weight excluding hydrogens is 194 g/mol. The summed E-state index contributed by atoms with van der Waals surface area (Å²) in [5.74, 6) is 2.00. The van der Waals surface area contributed by atoms with Gasteiger partial charge in [-0.1, -0.05) is 6.92 Å². The number of rotatable bonds is 5. The van der Waals surface area contributed by atoms with Crippen LogP contribution in [0.15, 0.2) is 18.3 Å². The zero-order chi connectivity index (χ0) is 10.4. The van der Waals surface area contributed by atoms with E-state index in [-0.39, 0.29) is 0 Å². The molecule has 1 aromatic rings. The largest absolute Gasteiger partial charge is 0.397 e. The fraction of sp³-hybridized carbons (Fsp3) is 0.500.